The lowest BCUT2D eigenvalue weighted by Crippen LogP contribution is -2.12. The minimum atomic E-state index is 0.434. The first kappa shape index (κ1) is 13.4. The van der Waals surface area contributed by atoms with Gasteiger partial charge in [0.1, 0.15) is 0 Å². The van der Waals surface area contributed by atoms with E-state index in [-0.39, 0.29) is 0 Å². The molecule has 1 nitrogen and oxygen atoms in total. The van der Waals surface area contributed by atoms with Crippen molar-refractivity contribution in [3.63, 3.8) is 0 Å². The van der Waals surface area contributed by atoms with E-state index in [9.17, 15) is 0 Å². The molecule has 80 valence electrons. The summed E-state index contributed by atoms with van der Waals surface area (Å²) in [6, 6.07) is 0. The standard InChI is InChI=1S/C11H23BrO/c1-10(2)9-11(3)13-8-6-4-5-7-12/h10-11H,4-9H2,1-3H3. The van der Waals surface area contributed by atoms with Crippen LogP contribution in [0.5, 0.6) is 0 Å². The molecule has 0 aromatic rings. The van der Waals surface area contributed by atoms with Gasteiger partial charge in [-0.3, -0.25) is 0 Å². The molecule has 0 fully saturated rings. The summed E-state index contributed by atoms with van der Waals surface area (Å²) in [7, 11) is 0. The van der Waals surface area contributed by atoms with E-state index in [1.807, 2.05) is 0 Å². The van der Waals surface area contributed by atoms with Crippen molar-refractivity contribution < 1.29 is 4.74 Å². The van der Waals surface area contributed by atoms with Crippen LogP contribution >= 0.6 is 15.9 Å². The second kappa shape index (κ2) is 9.01. The zero-order chi connectivity index (χ0) is 10.1. The van der Waals surface area contributed by atoms with Gasteiger partial charge in [0.25, 0.3) is 0 Å². The maximum absolute atomic E-state index is 5.68. The lowest BCUT2D eigenvalue weighted by atomic mass is 10.1. The van der Waals surface area contributed by atoms with Crippen LogP contribution in [0.15, 0.2) is 0 Å². The first-order valence-corrected chi connectivity index (χ1v) is 6.46. The summed E-state index contributed by atoms with van der Waals surface area (Å²) in [6.07, 6.45) is 5.36. The second-order valence-corrected chi connectivity index (χ2v) is 4.85. The summed E-state index contributed by atoms with van der Waals surface area (Å²) in [5, 5.41) is 1.12. The first-order valence-electron chi connectivity index (χ1n) is 5.34. The van der Waals surface area contributed by atoms with Gasteiger partial charge in [-0.05, 0) is 32.1 Å². The number of rotatable bonds is 8. The Labute approximate surface area is 91.4 Å². The van der Waals surface area contributed by atoms with E-state index in [0.29, 0.717) is 6.10 Å². The smallest absolute Gasteiger partial charge is 0.0549 e. The second-order valence-electron chi connectivity index (χ2n) is 4.06. The Morgan fingerprint density at radius 2 is 1.77 bits per heavy atom. The number of hydrogen-bond acceptors (Lipinski definition) is 1. The fourth-order valence-electron chi connectivity index (χ4n) is 1.39. The summed E-state index contributed by atoms with van der Waals surface area (Å²) in [5.41, 5.74) is 0. The van der Waals surface area contributed by atoms with Gasteiger partial charge in [-0.25, -0.2) is 0 Å². The molecule has 0 aliphatic carbocycles. The van der Waals surface area contributed by atoms with Crippen LogP contribution in [0.2, 0.25) is 0 Å². The molecule has 1 unspecified atom stereocenters. The highest BCUT2D eigenvalue weighted by atomic mass is 79.9. The molecule has 0 spiro atoms. The summed E-state index contributed by atoms with van der Waals surface area (Å²) < 4.78 is 5.68. The van der Waals surface area contributed by atoms with Gasteiger partial charge in [-0.2, -0.15) is 0 Å². The summed E-state index contributed by atoms with van der Waals surface area (Å²) in [6.45, 7) is 7.58. The van der Waals surface area contributed by atoms with Crippen molar-refractivity contribution in [1.82, 2.24) is 0 Å². The predicted octanol–water partition coefficient (Wildman–Crippen LogP) is 4.00. The topological polar surface area (TPSA) is 9.23 Å². The SMILES string of the molecule is CC(C)CC(C)OCCCCCBr. The van der Waals surface area contributed by atoms with E-state index in [2.05, 4.69) is 36.7 Å². The van der Waals surface area contributed by atoms with E-state index in [1.54, 1.807) is 0 Å². The maximum Gasteiger partial charge on any atom is 0.0549 e. The number of unbranched alkanes of at least 4 members (excludes halogenated alkanes) is 2. The highest BCUT2D eigenvalue weighted by molar-refractivity contribution is 9.09. The molecule has 0 rings (SSSR count). The molecule has 0 N–H and O–H groups in total. The Morgan fingerprint density at radius 3 is 2.31 bits per heavy atom. The molecule has 0 radical (unpaired) electrons. The van der Waals surface area contributed by atoms with Gasteiger partial charge >= 0.3 is 0 Å². The molecule has 1 atom stereocenters. The third-order valence-electron chi connectivity index (χ3n) is 1.98. The third kappa shape index (κ3) is 10.4. The molecular formula is C11H23BrO. The molecule has 0 amide bonds. The normalized spacial score (nSPS) is 13.6. The van der Waals surface area contributed by atoms with Crippen molar-refractivity contribution in [2.45, 2.75) is 52.6 Å². The Balaban J connectivity index is 3.12. The van der Waals surface area contributed by atoms with Crippen LogP contribution in [0, 0.1) is 5.92 Å². The fraction of sp³-hybridized carbons (Fsp3) is 1.00. The van der Waals surface area contributed by atoms with Crippen molar-refractivity contribution in [1.29, 1.82) is 0 Å². The highest BCUT2D eigenvalue weighted by Crippen LogP contribution is 2.08. The third-order valence-corrected chi connectivity index (χ3v) is 2.54. The Morgan fingerprint density at radius 1 is 1.08 bits per heavy atom. The molecule has 0 aromatic heterocycles. The van der Waals surface area contributed by atoms with Crippen LogP contribution < -0.4 is 0 Å². The van der Waals surface area contributed by atoms with Gasteiger partial charge < -0.3 is 4.74 Å². The molecule has 0 aliphatic heterocycles. The van der Waals surface area contributed by atoms with Crippen LogP contribution in [0.25, 0.3) is 0 Å². The average molecular weight is 251 g/mol. The molecule has 13 heavy (non-hydrogen) atoms. The first-order chi connectivity index (χ1) is 6.16. The van der Waals surface area contributed by atoms with E-state index in [0.717, 1.165) is 17.9 Å². The van der Waals surface area contributed by atoms with Crippen LogP contribution in [0.3, 0.4) is 0 Å². The Hall–Kier alpha value is 0.440. The summed E-state index contributed by atoms with van der Waals surface area (Å²) in [5.74, 6) is 0.748. The number of hydrogen-bond donors (Lipinski definition) is 0. The molecule has 2 heteroatoms. The number of alkyl halides is 1. The van der Waals surface area contributed by atoms with Crippen molar-refractivity contribution in [2.24, 2.45) is 5.92 Å². The van der Waals surface area contributed by atoms with Gasteiger partial charge in [0.05, 0.1) is 6.10 Å². The monoisotopic (exact) mass is 250 g/mol. The van der Waals surface area contributed by atoms with Gasteiger partial charge in [0.15, 0.2) is 0 Å². The lowest BCUT2D eigenvalue weighted by molar-refractivity contribution is 0.0496. The lowest BCUT2D eigenvalue weighted by Gasteiger charge is -2.14. The van der Waals surface area contributed by atoms with Gasteiger partial charge in [-0.15, -0.1) is 0 Å². The zero-order valence-electron chi connectivity index (χ0n) is 9.18. The minimum Gasteiger partial charge on any atom is -0.379 e. The summed E-state index contributed by atoms with van der Waals surface area (Å²) in [4.78, 5) is 0. The number of halogens is 1. The maximum atomic E-state index is 5.68. The Kier molecular flexibility index (Phi) is 9.32. The largest absolute Gasteiger partial charge is 0.379 e. The van der Waals surface area contributed by atoms with E-state index < -0.39 is 0 Å². The molecule has 0 aromatic carbocycles. The van der Waals surface area contributed by atoms with E-state index in [4.69, 9.17) is 4.74 Å². The van der Waals surface area contributed by atoms with Crippen LogP contribution in [0.4, 0.5) is 0 Å². The summed E-state index contributed by atoms with van der Waals surface area (Å²) >= 11 is 3.42. The molecule has 0 heterocycles. The van der Waals surface area contributed by atoms with Gasteiger partial charge in [-0.1, -0.05) is 36.2 Å². The Bertz CT molecular complexity index is 104. The molecule has 0 saturated carbocycles. The molecule has 0 bridgehead atoms. The highest BCUT2D eigenvalue weighted by Gasteiger charge is 2.04. The van der Waals surface area contributed by atoms with Crippen LogP contribution in [-0.4, -0.2) is 18.0 Å². The van der Waals surface area contributed by atoms with Crippen molar-refractivity contribution >= 4 is 15.9 Å². The zero-order valence-corrected chi connectivity index (χ0v) is 10.8. The van der Waals surface area contributed by atoms with Crippen molar-refractivity contribution in [3.05, 3.63) is 0 Å². The number of ether oxygens (including phenoxy) is 1. The molecular weight excluding hydrogens is 228 g/mol. The predicted molar refractivity (Wildman–Crippen MR) is 62.5 cm³/mol. The van der Waals surface area contributed by atoms with Crippen LogP contribution in [0.1, 0.15) is 46.5 Å². The van der Waals surface area contributed by atoms with Crippen LogP contribution in [-0.2, 0) is 4.74 Å². The fourth-order valence-corrected chi connectivity index (χ4v) is 1.79. The van der Waals surface area contributed by atoms with Gasteiger partial charge in [0.2, 0.25) is 0 Å². The van der Waals surface area contributed by atoms with Crippen molar-refractivity contribution in [3.8, 4) is 0 Å². The van der Waals surface area contributed by atoms with Gasteiger partial charge in [0, 0.05) is 11.9 Å². The average Bonchev–Trinajstić information content (AvgIpc) is 2.02. The van der Waals surface area contributed by atoms with Crippen molar-refractivity contribution in [2.75, 3.05) is 11.9 Å². The minimum absolute atomic E-state index is 0.434. The molecule has 0 saturated heterocycles. The van der Waals surface area contributed by atoms with E-state index >= 15 is 0 Å². The molecule has 0 aliphatic rings. The quantitative estimate of drug-likeness (QED) is 0.468. The van der Waals surface area contributed by atoms with E-state index in [1.165, 1.54) is 25.7 Å².